The summed E-state index contributed by atoms with van der Waals surface area (Å²) in [7, 11) is 1.57. The van der Waals surface area contributed by atoms with E-state index in [1.54, 1.807) is 19.2 Å². The Morgan fingerprint density at radius 3 is 2.84 bits per heavy atom. The summed E-state index contributed by atoms with van der Waals surface area (Å²) < 4.78 is 7.45. The van der Waals surface area contributed by atoms with Gasteiger partial charge in [-0.2, -0.15) is 0 Å². The molecule has 0 amide bonds. The maximum Gasteiger partial charge on any atom is 0.375 e. The van der Waals surface area contributed by atoms with Crippen molar-refractivity contribution in [2.45, 2.75) is 13.3 Å². The topological polar surface area (TPSA) is 77.2 Å². The minimum Gasteiger partial charge on any atom is -0.497 e. The highest BCUT2D eigenvalue weighted by molar-refractivity contribution is 9.10. The van der Waals surface area contributed by atoms with Crippen LogP contribution in [0, 0.1) is 0 Å². The van der Waals surface area contributed by atoms with E-state index in [1.807, 2.05) is 13.0 Å². The van der Waals surface area contributed by atoms with Gasteiger partial charge in [-0.05, 0) is 28.1 Å². The van der Waals surface area contributed by atoms with Gasteiger partial charge in [0.15, 0.2) is 0 Å². The van der Waals surface area contributed by atoms with Crippen LogP contribution in [-0.2, 0) is 6.42 Å². The zero-order valence-electron chi connectivity index (χ0n) is 10.4. The van der Waals surface area contributed by atoms with Crippen molar-refractivity contribution in [3.8, 4) is 11.4 Å². The molecule has 19 heavy (non-hydrogen) atoms. The van der Waals surface area contributed by atoms with Gasteiger partial charge in [-0.1, -0.05) is 6.92 Å². The lowest BCUT2D eigenvalue weighted by Gasteiger charge is -2.08. The number of carbonyl (C=O) groups is 1. The fraction of sp³-hybridized carbons (Fsp3) is 0.250. The van der Waals surface area contributed by atoms with Gasteiger partial charge in [0.1, 0.15) is 11.6 Å². The highest BCUT2D eigenvalue weighted by Gasteiger charge is 2.17. The lowest BCUT2D eigenvalue weighted by molar-refractivity contribution is 0.0683. The Morgan fingerprint density at radius 1 is 1.53 bits per heavy atom. The van der Waals surface area contributed by atoms with E-state index in [4.69, 9.17) is 9.84 Å². The molecule has 2 rings (SSSR count). The molecule has 0 saturated carbocycles. The van der Waals surface area contributed by atoms with E-state index in [9.17, 15) is 4.79 Å². The third-order valence-electron chi connectivity index (χ3n) is 2.56. The van der Waals surface area contributed by atoms with Crippen molar-refractivity contribution in [3.63, 3.8) is 0 Å². The second kappa shape index (κ2) is 5.40. The average Bonchev–Trinajstić information content (AvgIpc) is 2.83. The first kappa shape index (κ1) is 13.5. The Balaban J connectivity index is 2.60. The molecular weight excluding hydrogens is 314 g/mol. The van der Waals surface area contributed by atoms with E-state index in [0.29, 0.717) is 23.7 Å². The number of rotatable bonds is 4. The number of aryl methyl sites for hydroxylation is 1. The van der Waals surface area contributed by atoms with Gasteiger partial charge in [-0.3, -0.25) is 0 Å². The molecule has 0 spiro atoms. The third kappa shape index (κ3) is 2.60. The van der Waals surface area contributed by atoms with Gasteiger partial charge < -0.3 is 9.84 Å². The molecular formula is C12H12BrN3O3. The summed E-state index contributed by atoms with van der Waals surface area (Å²) in [4.78, 5) is 14.9. The number of halogens is 1. The Kier molecular flexibility index (Phi) is 3.84. The Bertz CT molecular complexity index is 625. The monoisotopic (exact) mass is 325 g/mol. The highest BCUT2D eigenvalue weighted by Crippen LogP contribution is 2.26. The number of hydrogen-bond acceptors (Lipinski definition) is 4. The summed E-state index contributed by atoms with van der Waals surface area (Å²) in [5.41, 5.74) is 0.691. The number of carboxylic acids is 1. The summed E-state index contributed by atoms with van der Waals surface area (Å²) in [5, 5.41) is 13.0. The van der Waals surface area contributed by atoms with E-state index in [1.165, 1.54) is 4.68 Å². The smallest absolute Gasteiger partial charge is 0.375 e. The van der Waals surface area contributed by atoms with Crippen LogP contribution in [0.15, 0.2) is 22.7 Å². The predicted molar refractivity (Wildman–Crippen MR) is 71.9 cm³/mol. The molecule has 1 aromatic heterocycles. The number of aromatic carboxylic acids is 1. The maximum atomic E-state index is 10.9. The molecule has 0 unspecified atom stereocenters. The molecule has 0 bridgehead atoms. The second-order valence-corrected chi connectivity index (χ2v) is 4.59. The van der Waals surface area contributed by atoms with Crippen molar-refractivity contribution in [1.29, 1.82) is 0 Å². The Hall–Kier alpha value is -1.89. The van der Waals surface area contributed by atoms with E-state index < -0.39 is 5.97 Å². The normalized spacial score (nSPS) is 10.5. The van der Waals surface area contributed by atoms with Crippen molar-refractivity contribution in [1.82, 2.24) is 14.8 Å². The summed E-state index contributed by atoms with van der Waals surface area (Å²) in [6, 6.07) is 5.38. The molecule has 0 aliphatic heterocycles. The summed E-state index contributed by atoms with van der Waals surface area (Å²) >= 11 is 3.41. The van der Waals surface area contributed by atoms with Gasteiger partial charge in [-0.15, -0.1) is 5.10 Å². The van der Waals surface area contributed by atoms with Crippen LogP contribution in [0.25, 0.3) is 5.69 Å². The lowest BCUT2D eigenvalue weighted by Crippen LogP contribution is -2.04. The van der Waals surface area contributed by atoms with E-state index >= 15 is 0 Å². The molecule has 1 aromatic carbocycles. The van der Waals surface area contributed by atoms with Gasteiger partial charge in [0.2, 0.25) is 0 Å². The fourth-order valence-corrected chi connectivity index (χ4v) is 2.05. The van der Waals surface area contributed by atoms with Crippen molar-refractivity contribution in [3.05, 3.63) is 34.3 Å². The zero-order chi connectivity index (χ0) is 14.0. The first-order chi connectivity index (χ1) is 9.06. The van der Waals surface area contributed by atoms with Gasteiger partial charge in [0, 0.05) is 17.0 Å². The van der Waals surface area contributed by atoms with Crippen LogP contribution in [0.3, 0.4) is 0 Å². The van der Waals surface area contributed by atoms with Crippen molar-refractivity contribution in [2.24, 2.45) is 0 Å². The number of hydrogen-bond donors (Lipinski definition) is 1. The van der Waals surface area contributed by atoms with E-state index in [0.717, 1.165) is 4.47 Å². The molecule has 1 N–H and O–H groups in total. The number of aromatic nitrogens is 3. The minimum absolute atomic E-state index is 0.216. The van der Waals surface area contributed by atoms with Gasteiger partial charge >= 0.3 is 5.97 Å². The first-order valence-electron chi connectivity index (χ1n) is 5.60. The molecule has 0 atom stereocenters. The van der Waals surface area contributed by atoms with Gasteiger partial charge in [0.25, 0.3) is 5.82 Å². The number of benzene rings is 1. The molecule has 100 valence electrons. The van der Waals surface area contributed by atoms with Gasteiger partial charge in [-0.25, -0.2) is 14.5 Å². The minimum atomic E-state index is -1.15. The van der Waals surface area contributed by atoms with Crippen LogP contribution in [0.2, 0.25) is 0 Å². The molecule has 0 saturated heterocycles. The fourth-order valence-electron chi connectivity index (χ4n) is 1.64. The van der Waals surface area contributed by atoms with Crippen LogP contribution >= 0.6 is 15.9 Å². The largest absolute Gasteiger partial charge is 0.497 e. The molecule has 2 aromatic rings. The molecule has 0 aliphatic carbocycles. The van der Waals surface area contributed by atoms with Crippen LogP contribution < -0.4 is 4.74 Å². The second-order valence-electron chi connectivity index (χ2n) is 3.74. The zero-order valence-corrected chi connectivity index (χ0v) is 12.0. The maximum absolute atomic E-state index is 10.9. The number of carboxylic acid groups (broad SMARTS) is 1. The SMILES string of the molecule is CCc1nc(C(=O)O)nn1-c1cc(OC)ccc1Br. The highest BCUT2D eigenvalue weighted by atomic mass is 79.9. The van der Waals surface area contributed by atoms with Crippen LogP contribution in [-0.4, -0.2) is 33.0 Å². The van der Waals surface area contributed by atoms with Crippen LogP contribution in [0.1, 0.15) is 23.4 Å². The number of nitrogens with zero attached hydrogens (tertiary/aromatic N) is 3. The quantitative estimate of drug-likeness (QED) is 0.933. The van der Waals surface area contributed by atoms with Crippen molar-refractivity contribution in [2.75, 3.05) is 7.11 Å². The Morgan fingerprint density at radius 2 is 2.26 bits per heavy atom. The molecule has 0 fully saturated rings. The molecule has 6 nitrogen and oxygen atoms in total. The van der Waals surface area contributed by atoms with Crippen LogP contribution in [0.5, 0.6) is 5.75 Å². The van der Waals surface area contributed by atoms with Gasteiger partial charge in [0.05, 0.1) is 12.8 Å². The van der Waals surface area contributed by atoms with Crippen molar-refractivity contribution < 1.29 is 14.6 Å². The molecule has 7 heteroatoms. The lowest BCUT2D eigenvalue weighted by atomic mass is 10.3. The number of ether oxygens (including phenoxy) is 1. The predicted octanol–water partition coefficient (Wildman–Crippen LogP) is 2.30. The average molecular weight is 326 g/mol. The summed E-state index contributed by atoms with van der Waals surface area (Å²) in [5.74, 6) is -0.127. The first-order valence-corrected chi connectivity index (χ1v) is 6.39. The number of methoxy groups -OCH3 is 1. The van der Waals surface area contributed by atoms with Crippen LogP contribution in [0.4, 0.5) is 0 Å². The molecule has 1 heterocycles. The van der Waals surface area contributed by atoms with E-state index in [-0.39, 0.29) is 5.82 Å². The standard InChI is InChI=1S/C12H12BrN3O3/c1-3-10-14-11(12(17)18)15-16(10)9-6-7(19-2)4-5-8(9)13/h4-6H,3H2,1-2H3,(H,17,18). The molecule has 0 aliphatic rings. The summed E-state index contributed by atoms with van der Waals surface area (Å²) in [6.45, 7) is 1.89. The van der Waals surface area contributed by atoms with Crippen molar-refractivity contribution >= 4 is 21.9 Å². The molecule has 0 radical (unpaired) electrons. The Labute approximate surface area is 118 Å². The third-order valence-corrected chi connectivity index (χ3v) is 3.23. The summed E-state index contributed by atoms with van der Waals surface area (Å²) in [6.07, 6.45) is 0.573. The van der Waals surface area contributed by atoms with E-state index in [2.05, 4.69) is 26.0 Å².